The first-order valence-corrected chi connectivity index (χ1v) is 3.90. The molecule has 0 amide bonds. The number of allylic oxidation sites excluding steroid dienone is 4. The van der Waals surface area contributed by atoms with Gasteiger partial charge in [-0.15, -0.1) is 0 Å². The summed E-state index contributed by atoms with van der Waals surface area (Å²) in [5, 5.41) is 3.17. The molecule has 0 saturated carbocycles. The van der Waals surface area contributed by atoms with Gasteiger partial charge in [0.1, 0.15) is 0 Å². The van der Waals surface area contributed by atoms with E-state index in [1.165, 1.54) is 0 Å². The zero-order valence-corrected chi connectivity index (χ0v) is 6.62. The van der Waals surface area contributed by atoms with E-state index >= 15 is 0 Å². The van der Waals surface area contributed by atoms with Crippen LogP contribution in [0.5, 0.6) is 0 Å². The summed E-state index contributed by atoms with van der Waals surface area (Å²) in [6.45, 7) is 0. The molecular formula is C10H10N2. The van der Waals surface area contributed by atoms with Gasteiger partial charge in [-0.05, 0) is 24.3 Å². The van der Waals surface area contributed by atoms with Crippen molar-refractivity contribution in [1.82, 2.24) is 10.3 Å². The standard InChI is InChI=1S/C10H10N2/c1-2-5-9(11-7-3-1)10-6-4-8-12-10/h1-8,11-12H. The summed E-state index contributed by atoms with van der Waals surface area (Å²) < 4.78 is 0. The van der Waals surface area contributed by atoms with Crippen LogP contribution in [0.4, 0.5) is 0 Å². The second kappa shape index (κ2) is 3.13. The first-order chi connectivity index (χ1) is 5.97. The summed E-state index contributed by atoms with van der Waals surface area (Å²) in [5.74, 6) is 0. The first-order valence-electron chi connectivity index (χ1n) is 3.90. The third-order valence-corrected chi connectivity index (χ3v) is 1.71. The summed E-state index contributed by atoms with van der Waals surface area (Å²) in [5.41, 5.74) is 2.19. The van der Waals surface area contributed by atoms with E-state index in [0.717, 1.165) is 11.4 Å². The van der Waals surface area contributed by atoms with Crippen LogP contribution in [0, 0.1) is 0 Å². The van der Waals surface area contributed by atoms with Crippen LogP contribution in [-0.2, 0) is 0 Å². The molecule has 0 saturated heterocycles. The van der Waals surface area contributed by atoms with Crippen molar-refractivity contribution in [2.45, 2.75) is 0 Å². The molecule has 0 aromatic carbocycles. The molecule has 12 heavy (non-hydrogen) atoms. The van der Waals surface area contributed by atoms with Gasteiger partial charge in [-0.25, -0.2) is 0 Å². The summed E-state index contributed by atoms with van der Waals surface area (Å²) in [7, 11) is 0. The summed E-state index contributed by atoms with van der Waals surface area (Å²) in [4.78, 5) is 3.14. The number of hydrogen-bond acceptors (Lipinski definition) is 1. The fourth-order valence-corrected chi connectivity index (χ4v) is 1.12. The molecule has 2 heteroatoms. The Morgan fingerprint density at radius 2 is 2.08 bits per heavy atom. The summed E-state index contributed by atoms with van der Waals surface area (Å²) in [6, 6.07) is 4.02. The maximum absolute atomic E-state index is 3.17. The Kier molecular flexibility index (Phi) is 1.82. The maximum atomic E-state index is 3.17. The van der Waals surface area contributed by atoms with Crippen molar-refractivity contribution in [2.24, 2.45) is 0 Å². The molecule has 2 nitrogen and oxygen atoms in total. The molecule has 0 spiro atoms. The number of aromatic amines is 1. The number of hydrogen-bond donors (Lipinski definition) is 2. The van der Waals surface area contributed by atoms with E-state index in [1.807, 2.05) is 48.8 Å². The van der Waals surface area contributed by atoms with Crippen molar-refractivity contribution in [3.05, 3.63) is 54.5 Å². The Hall–Kier alpha value is -1.70. The highest BCUT2D eigenvalue weighted by Crippen LogP contribution is 2.09. The van der Waals surface area contributed by atoms with Gasteiger partial charge >= 0.3 is 0 Å². The molecule has 2 N–H and O–H groups in total. The highest BCUT2D eigenvalue weighted by Gasteiger charge is 1.98. The molecule has 0 fully saturated rings. The topological polar surface area (TPSA) is 27.8 Å². The van der Waals surface area contributed by atoms with Crippen LogP contribution in [0.3, 0.4) is 0 Å². The Bertz CT molecular complexity index is 329. The lowest BCUT2D eigenvalue weighted by Crippen LogP contribution is -2.02. The average Bonchev–Trinajstić information content (AvgIpc) is 2.48. The van der Waals surface area contributed by atoms with Gasteiger partial charge in [0.25, 0.3) is 0 Å². The lowest BCUT2D eigenvalue weighted by Gasteiger charge is -2.01. The fourth-order valence-electron chi connectivity index (χ4n) is 1.12. The molecular weight excluding hydrogens is 148 g/mol. The van der Waals surface area contributed by atoms with Crippen LogP contribution < -0.4 is 5.32 Å². The highest BCUT2D eigenvalue weighted by atomic mass is 14.9. The lowest BCUT2D eigenvalue weighted by atomic mass is 10.3. The molecule has 0 bridgehead atoms. The van der Waals surface area contributed by atoms with Crippen molar-refractivity contribution >= 4 is 5.70 Å². The largest absolute Gasteiger partial charge is 0.360 e. The molecule has 1 aromatic rings. The van der Waals surface area contributed by atoms with Crippen LogP contribution in [0.25, 0.3) is 5.70 Å². The fraction of sp³-hybridized carbons (Fsp3) is 0. The molecule has 1 aliphatic heterocycles. The van der Waals surface area contributed by atoms with Gasteiger partial charge in [-0.2, -0.15) is 0 Å². The van der Waals surface area contributed by atoms with Crippen LogP contribution in [0.15, 0.2) is 48.8 Å². The summed E-state index contributed by atoms with van der Waals surface area (Å²) >= 11 is 0. The van der Waals surface area contributed by atoms with E-state index in [4.69, 9.17) is 0 Å². The van der Waals surface area contributed by atoms with E-state index in [9.17, 15) is 0 Å². The summed E-state index contributed by atoms with van der Waals surface area (Å²) in [6.07, 6.45) is 11.8. The number of aromatic nitrogens is 1. The minimum absolute atomic E-state index is 1.09. The molecule has 1 aromatic heterocycles. The molecule has 0 unspecified atom stereocenters. The number of nitrogens with one attached hydrogen (secondary N) is 2. The third-order valence-electron chi connectivity index (χ3n) is 1.71. The van der Waals surface area contributed by atoms with Gasteiger partial charge in [0.15, 0.2) is 0 Å². The Labute approximate surface area is 71.3 Å². The molecule has 0 radical (unpaired) electrons. The van der Waals surface area contributed by atoms with Gasteiger partial charge in [0.2, 0.25) is 0 Å². The molecule has 0 aliphatic carbocycles. The van der Waals surface area contributed by atoms with E-state index in [-0.39, 0.29) is 0 Å². The van der Waals surface area contributed by atoms with Crippen molar-refractivity contribution in [1.29, 1.82) is 0 Å². The van der Waals surface area contributed by atoms with Crippen LogP contribution >= 0.6 is 0 Å². The van der Waals surface area contributed by atoms with Crippen molar-refractivity contribution < 1.29 is 0 Å². The predicted molar refractivity (Wildman–Crippen MR) is 50.2 cm³/mol. The molecule has 0 atom stereocenters. The van der Waals surface area contributed by atoms with Gasteiger partial charge in [-0.1, -0.05) is 12.2 Å². The van der Waals surface area contributed by atoms with E-state index in [0.29, 0.717) is 0 Å². The Balaban J connectivity index is 2.30. The van der Waals surface area contributed by atoms with E-state index < -0.39 is 0 Å². The van der Waals surface area contributed by atoms with Gasteiger partial charge in [0, 0.05) is 12.4 Å². The van der Waals surface area contributed by atoms with Gasteiger partial charge < -0.3 is 10.3 Å². The predicted octanol–water partition coefficient (Wildman–Crippen LogP) is 2.03. The Morgan fingerprint density at radius 3 is 2.92 bits per heavy atom. The maximum Gasteiger partial charge on any atom is 0.0619 e. The molecule has 60 valence electrons. The monoisotopic (exact) mass is 158 g/mol. The lowest BCUT2D eigenvalue weighted by molar-refractivity contribution is 1.18. The smallest absolute Gasteiger partial charge is 0.0619 e. The van der Waals surface area contributed by atoms with Crippen molar-refractivity contribution in [3.8, 4) is 0 Å². The highest BCUT2D eigenvalue weighted by molar-refractivity contribution is 5.64. The van der Waals surface area contributed by atoms with E-state index in [1.54, 1.807) is 0 Å². The minimum atomic E-state index is 1.09. The van der Waals surface area contributed by atoms with Crippen LogP contribution in [0.2, 0.25) is 0 Å². The third kappa shape index (κ3) is 1.32. The van der Waals surface area contributed by atoms with Gasteiger partial charge in [-0.3, -0.25) is 0 Å². The average molecular weight is 158 g/mol. The molecule has 2 heterocycles. The van der Waals surface area contributed by atoms with Crippen LogP contribution in [0.1, 0.15) is 5.69 Å². The number of H-pyrrole nitrogens is 1. The quantitative estimate of drug-likeness (QED) is 0.643. The van der Waals surface area contributed by atoms with E-state index in [2.05, 4.69) is 10.3 Å². The SMILES string of the molecule is C1=CC=C(c2ccc[nH]2)NC=C1. The van der Waals surface area contributed by atoms with Crippen LogP contribution in [-0.4, -0.2) is 4.98 Å². The second-order valence-corrected chi connectivity index (χ2v) is 2.55. The Morgan fingerprint density at radius 1 is 1.08 bits per heavy atom. The first kappa shape index (κ1) is 6.98. The zero-order valence-electron chi connectivity index (χ0n) is 6.62. The molecule has 2 rings (SSSR count). The van der Waals surface area contributed by atoms with Gasteiger partial charge in [0.05, 0.1) is 11.4 Å². The second-order valence-electron chi connectivity index (χ2n) is 2.55. The number of rotatable bonds is 1. The van der Waals surface area contributed by atoms with Crippen molar-refractivity contribution in [3.63, 3.8) is 0 Å². The minimum Gasteiger partial charge on any atom is -0.360 e. The van der Waals surface area contributed by atoms with Crippen molar-refractivity contribution in [2.75, 3.05) is 0 Å². The zero-order chi connectivity index (χ0) is 8.23. The normalized spacial score (nSPS) is 15.2. The molecule has 1 aliphatic rings.